The number of methoxy groups -OCH3 is 1. The Morgan fingerprint density at radius 1 is 1.10 bits per heavy atom. The molecule has 0 bridgehead atoms. The van der Waals surface area contributed by atoms with Gasteiger partial charge in [0.25, 0.3) is 0 Å². The average molecular weight is 599 g/mol. The molecule has 1 aliphatic carbocycles. The largest absolute Gasteiger partial charge is 0.497 e. The van der Waals surface area contributed by atoms with E-state index in [4.69, 9.17) is 27.9 Å². The quantitative estimate of drug-likeness (QED) is 0.352. The zero-order valence-electron chi connectivity index (χ0n) is 22.7. The second kappa shape index (κ2) is 14.2. The van der Waals surface area contributed by atoms with E-state index in [1.54, 1.807) is 49.4 Å². The fourth-order valence-corrected chi connectivity index (χ4v) is 6.18. The van der Waals surface area contributed by atoms with Gasteiger partial charge in [-0.2, -0.15) is 0 Å². The summed E-state index contributed by atoms with van der Waals surface area (Å²) in [6, 6.07) is 11.2. The lowest BCUT2D eigenvalue weighted by molar-refractivity contribution is -0.141. The minimum atomic E-state index is -3.61. The average Bonchev–Trinajstić information content (AvgIpc) is 2.90. The monoisotopic (exact) mass is 597 g/mol. The maximum atomic E-state index is 13.5. The third kappa shape index (κ3) is 9.01. The Bertz CT molecular complexity index is 1250. The van der Waals surface area contributed by atoms with Gasteiger partial charge in [0, 0.05) is 41.7 Å². The van der Waals surface area contributed by atoms with Crippen LogP contribution in [0.3, 0.4) is 0 Å². The van der Waals surface area contributed by atoms with Crippen LogP contribution in [-0.2, 0) is 26.2 Å². The first kappa shape index (κ1) is 31.0. The Hall–Kier alpha value is -2.49. The number of halogens is 2. The Labute approximate surface area is 241 Å². The number of hydrogen-bond acceptors (Lipinski definition) is 5. The highest BCUT2D eigenvalue weighted by molar-refractivity contribution is 7.92. The fourth-order valence-electron chi connectivity index (χ4n) is 4.75. The Morgan fingerprint density at radius 2 is 1.82 bits per heavy atom. The zero-order valence-corrected chi connectivity index (χ0v) is 25.0. The molecule has 0 aromatic heterocycles. The third-order valence-corrected chi connectivity index (χ3v) is 8.75. The van der Waals surface area contributed by atoms with Gasteiger partial charge in [-0.3, -0.25) is 13.9 Å². The molecule has 0 spiro atoms. The van der Waals surface area contributed by atoms with Crippen LogP contribution in [0.25, 0.3) is 0 Å². The molecule has 2 aromatic rings. The minimum absolute atomic E-state index is 0.0439. The van der Waals surface area contributed by atoms with E-state index >= 15 is 0 Å². The third-order valence-electron chi connectivity index (χ3n) is 6.97. The number of amides is 2. The van der Waals surface area contributed by atoms with Crippen LogP contribution < -0.4 is 14.4 Å². The highest BCUT2D eigenvalue weighted by atomic mass is 35.5. The lowest BCUT2D eigenvalue weighted by Crippen LogP contribution is -2.50. The molecule has 0 saturated heterocycles. The number of nitrogens with zero attached hydrogens (tertiary/aromatic N) is 2. The summed E-state index contributed by atoms with van der Waals surface area (Å²) >= 11 is 12.5. The van der Waals surface area contributed by atoms with Gasteiger partial charge >= 0.3 is 0 Å². The van der Waals surface area contributed by atoms with Crippen molar-refractivity contribution in [3.05, 3.63) is 58.1 Å². The van der Waals surface area contributed by atoms with Crippen molar-refractivity contribution in [2.24, 2.45) is 0 Å². The van der Waals surface area contributed by atoms with Gasteiger partial charge in [-0.1, -0.05) is 54.6 Å². The number of nitrogens with one attached hydrogen (secondary N) is 1. The lowest BCUT2D eigenvalue weighted by Gasteiger charge is -2.32. The van der Waals surface area contributed by atoms with Crippen molar-refractivity contribution in [1.82, 2.24) is 10.2 Å². The summed E-state index contributed by atoms with van der Waals surface area (Å²) in [7, 11) is -2.10. The molecular formula is C28H37Cl2N3O5S. The van der Waals surface area contributed by atoms with Crippen molar-refractivity contribution >= 4 is 50.7 Å². The van der Waals surface area contributed by atoms with E-state index in [0.29, 0.717) is 27.0 Å². The molecule has 1 N–H and O–H groups in total. The van der Waals surface area contributed by atoms with Gasteiger partial charge in [0.2, 0.25) is 21.8 Å². The second-order valence-corrected chi connectivity index (χ2v) is 12.7. The summed E-state index contributed by atoms with van der Waals surface area (Å²) in [6.45, 7) is 1.93. The van der Waals surface area contributed by atoms with E-state index in [1.807, 2.05) is 0 Å². The zero-order chi connectivity index (χ0) is 28.6. The van der Waals surface area contributed by atoms with Crippen LogP contribution in [0.2, 0.25) is 10.0 Å². The van der Waals surface area contributed by atoms with Gasteiger partial charge in [-0.05, 0) is 56.0 Å². The van der Waals surface area contributed by atoms with Crippen molar-refractivity contribution in [2.75, 3.05) is 24.2 Å². The molecule has 11 heteroatoms. The van der Waals surface area contributed by atoms with Gasteiger partial charge in [0.1, 0.15) is 11.8 Å². The van der Waals surface area contributed by atoms with Crippen molar-refractivity contribution in [3.63, 3.8) is 0 Å². The number of ether oxygens (including phenoxy) is 1. The van der Waals surface area contributed by atoms with E-state index in [9.17, 15) is 18.0 Å². The second-order valence-electron chi connectivity index (χ2n) is 9.92. The molecule has 3 rings (SSSR count). The van der Waals surface area contributed by atoms with Crippen LogP contribution >= 0.6 is 23.2 Å². The van der Waals surface area contributed by atoms with Gasteiger partial charge in [-0.15, -0.1) is 0 Å². The summed E-state index contributed by atoms with van der Waals surface area (Å²) in [5.74, 6) is 0.0435. The van der Waals surface area contributed by atoms with Crippen molar-refractivity contribution < 1.29 is 22.7 Å². The number of hydrogen-bond donors (Lipinski definition) is 1. The molecule has 214 valence electrons. The summed E-state index contributed by atoms with van der Waals surface area (Å²) in [6.07, 6.45) is 6.61. The number of carbonyl (C=O) groups excluding carboxylic acids is 2. The highest BCUT2D eigenvalue weighted by Gasteiger charge is 2.29. The normalized spacial score (nSPS) is 14.9. The van der Waals surface area contributed by atoms with Gasteiger partial charge in [0.05, 0.1) is 19.1 Å². The van der Waals surface area contributed by atoms with Gasteiger partial charge < -0.3 is 15.0 Å². The van der Waals surface area contributed by atoms with Crippen LogP contribution in [0.4, 0.5) is 5.69 Å². The van der Waals surface area contributed by atoms with Crippen molar-refractivity contribution in [3.8, 4) is 5.75 Å². The van der Waals surface area contributed by atoms with E-state index < -0.39 is 16.1 Å². The van der Waals surface area contributed by atoms with E-state index in [0.717, 1.165) is 31.9 Å². The molecule has 1 aliphatic rings. The first-order chi connectivity index (χ1) is 18.5. The molecule has 2 amide bonds. The number of carbonyl (C=O) groups is 2. The predicted molar refractivity (Wildman–Crippen MR) is 156 cm³/mol. The first-order valence-electron chi connectivity index (χ1n) is 13.1. The Morgan fingerprint density at radius 3 is 2.46 bits per heavy atom. The Balaban J connectivity index is 1.75. The number of anilines is 1. The van der Waals surface area contributed by atoms with Crippen molar-refractivity contribution in [2.45, 2.75) is 70.5 Å². The molecule has 0 unspecified atom stereocenters. The molecule has 0 radical (unpaired) electrons. The molecule has 39 heavy (non-hydrogen) atoms. The SMILES string of the molecule is COc1cccc(N(CCCC(=O)N(Cc2ccc(Cl)cc2Cl)[C@H](C)C(=O)NC2CCCCC2)S(C)(=O)=O)c1. The molecular weight excluding hydrogens is 561 g/mol. The Kier molecular flexibility index (Phi) is 11.3. The maximum absolute atomic E-state index is 13.5. The fraction of sp³-hybridized carbons (Fsp3) is 0.500. The van der Waals surface area contributed by atoms with Gasteiger partial charge in [-0.25, -0.2) is 8.42 Å². The lowest BCUT2D eigenvalue weighted by atomic mass is 9.95. The van der Waals surface area contributed by atoms with Crippen LogP contribution in [0.15, 0.2) is 42.5 Å². The van der Waals surface area contributed by atoms with Crippen LogP contribution in [0, 0.1) is 0 Å². The molecule has 0 aliphatic heterocycles. The summed E-state index contributed by atoms with van der Waals surface area (Å²) in [5, 5.41) is 3.98. The number of benzene rings is 2. The molecule has 2 aromatic carbocycles. The molecule has 0 heterocycles. The summed E-state index contributed by atoms with van der Waals surface area (Å²) in [5.41, 5.74) is 1.12. The van der Waals surface area contributed by atoms with Gasteiger partial charge in [0.15, 0.2) is 0 Å². The minimum Gasteiger partial charge on any atom is -0.497 e. The summed E-state index contributed by atoms with van der Waals surface area (Å²) in [4.78, 5) is 28.2. The number of sulfonamides is 1. The topological polar surface area (TPSA) is 96.0 Å². The first-order valence-corrected chi connectivity index (χ1v) is 15.8. The summed E-state index contributed by atoms with van der Waals surface area (Å²) < 4.78 is 31.6. The molecule has 8 nitrogen and oxygen atoms in total. The van der Waals surface area contributed by atoms with E-state index in [1.165, 1.54) is 22.7 Å². The molecule has 1 atom stereocenters. The van der Waals surface area contributed by atoms with E-state index in [2.05, 4.69) is 5.32 Å². The maximum Gasteiger partial charge on any atom is 0.242 e. The molecule has 1 fully saturated rings. The highest BCUT2D eigenvalue weighted by Crippen LogP contribution is 2.26. The standard InChI is InChI=1S/C28H37Cl2N3O5S/c1-20(28(35)31-23-9-5-4-6-10-23)32(19-21-14-15-22(29)17-26(21)30)27(34)13-8-16-33(39(3,36)37)24-11-7-12-25(18-24)38-2/h7,11-12,14-15,17-18,20,23H,4-6,8-10,13,16,19H2,1-3H3,(H,31,35)/t20-/m1/s1. The van der Waals surface area contributed by atoms with Crippen molar-refractivity contribution in [1.29, 1.82) is 0 Å². The van der Waals surface area contributed by atoms with Crippen LogP contribution in [0.5, 0.6) is 5.75 Å². The van der Waals surface area contributed by atoms with Crippen LogP contribution in [-0.4, -0.2) is 57.1 Å². The smallest absolute Gasteiger partial charge is 0.242 e. The molecule has 1 saturated carbocycles. The van der Waals surface area contributed by atoms with E-state index in [-0.39, 0.29) is 43.8 Å². The predicted octanol–water partition coefficient (Wildman–Crippen LogP) is 5.41. The number of rotatable bonds is 12. The van der Waals surface area contributed by atoms with Crippen LogP contribution in [0.1, 0.15) is 57.4 Å².